The number of fused-ring (bicyclic) bond motifs is 2. The Kier molecular flexibility index (Phi) is 2.83. The van der Waals surface area contributed by atoms with E-state index in [1.54, 1.807) is 7.11 Å². The summed E-state index contributed by atoms with van der Waals surface area (Å²) in [5, 5.41) is 0.794. The Labute approximate surface area is 110 Å². The highest BCUT2D eigenvalue weighted by atomic mass is 16.5. The predicted octanol–water partition coefficient (Wildman–Crippen LogP) is 1.34. The number of ether oxygens (including phenoxy) is 1. The summed E-state index contributed by atoms with van der Waals surface area (Å²) in [6, 6.07) is 5.56. The number of nitrogen functional groups attached to an aromatic ring is 1. The van der Waals surface area contributed by atoms with Gasteiger partial charge in [-0.3, -0.25) is 15.2 Å². The molecule has 1 aromatic carbocycles. The highest BCUT2D eigenvalue weighted by molar-refractivity contribution is 6.08. The Morgan fingerprint density at radius 2 is 2.26 bits per heavy atom. The van der Waals surface area contributed by atoms with Crippen LogP contribution in [0.1, 0.15) is 28.0 Å². The number of amides is 1. The van der Waals surface area contributed by atoms with Gasteiger partial charge in [-0.1, -0.05) is 0 Å². The van der Waals surface area contributed by atoms with Crippen LogP contribution in [0.3, 0.4) is 0 Å². The molecule has 0 spiro atoms. The van der Waals surface area contributed by atoms with Gasteiger partial charge in [0.25, 0.3) is 5.91 Å². The zero-order valence-corrected chi connectivity index (χ0v) is 10.7. The van der Waals surface area contributed by atoms with E-state index in [-0.39, 0.29) is 5.91 Å². The molecule has 0 radical (unpaired) electrons. The molecule has 98 valence electrons. The van der Waals surface area contributed by atoms with Gasteiger partial charge in [-0.25, -0.2) is 5.84 Å². The number of hydrogen-bond donors (Lipinski definition) is 2. The molecule has 0 unspecified atom stereocenters. The fourth-order valence-electron chi connectivity index (χ4n) is 2.70. The average molecular weight is 257 g/mol. The van der Waals surface area contributed by atoms with Crippen molar-refractivity contribution in [1.82, 2.24) is 10.4 Å². The molecule has 5 nitrogen and oxygen atoms in total. The number of carbonyl (C=O) groups is 1. The topological polar surface area (TPSA) is 77.2 Å². The van der Waals surface area contributed by atoms with Crippen molar-refractivity contribution in [2.75, 3.05) is 7.11 Å². The van der Waals surface area contributed by atoms with E-state index in [2.05, 4.69) is 10.4 Å². The highest BCUT2D eigenvalue weighted by Gasteiger charge is 2.23. The second kappa shape index (κ2) is 4.51. The van der Waals surface area contributed by atoms with E-state index < -0.39 is 0 Å². The van der Waals surface area contributed by atoms with Crippen molar-refractivity contribution < 1.29 is 9.53 Å². The van der Waals surface area contributed by atoms with Crippen molar-refractivity contribution >= 4 is 16.8 Å². The summed E-state index contributed by atoms with van der Waals surface area (Å²) in [7, 11) is 1.60. The molecule has 5 heteroatoms. The lowest BCUT2D eigenvalue weighted by atomic mass is 10.0. The van der Waals surface area contributed by atoms with Gasteiger partial charge in [0.2, 0.25) is 0 Å². The van der Waals surface area contributed by atoms with Crippen LogP contribution in [0.25, 0.3) is 10.9 Å². The Morgan fingerprint density at radius 1 is 1.42 bits per heavy atom. The maximum absolute atomic E-state index is 12.1. The highest BCUT2D eigenvalue weighted by Crippen LogP contribution is 2.31. The monoisotopic (exact) mass is 257 g/mol. The molecule has 1 amide bonds. The second-order valence-electron chi connectivity index (χ2n) is 4.62. The molecule has 1 aliphatic carbocycles. The number of nitrogens with zero attached hydrogens (tertiary/aromatic N) is 1. The minimum absolute atomic E-state index is 0.265. The third-order valence-electron chi connectivity index (χ3n) is 3.58. The SMILES string of the molecule is COc1ccc2nc3c(c(C(=O)NN)c2c1)CCC3. The van der Waals surface area contributed by atoms with Crippen LogP contribution in [0.5, 0.6) is 5.75 Å². The molecule has 1 aliphatic rings. The first-order chi connectivity index (χ1) is 9.24. The molecule has 3 N–H and O–H groups in total. The van der Waals surface area contributed by atoms with E-state index in [1.807, 2.05) is 18.2 Å². The third kappa shape index (κ3) is 1.82. The molecule has 2 aromatic rings. The zero-order chi connectivity index (χ0) is 13.4. The number of aryl methyl sites for hydroxylation is 1. The standard InChI is InChI=1S/C14H15N3O2/c1-19-8-5-6-12-10(7-8)13(14(18)17-15)9-3-2-4-11(9)16-12/h5-7H,2-4,15H2,1H3,(H,17,18). The number of methoxy groups -OCH3 is 1. The van der Waals surface area contributed by atoms with E-state index >= 15 is 0 Å². The number of nitrogens with one attached hydrogen (secondary N) is 1. The van der Waals surface area contributed by atoms with Crippen LogP contribution in [0.15, 0.2) is 18.2 Å². The van der Waals surface area contributed by atoms with Crippen LogP contribution in [-0.2, 0) is 12.8 Å². The van der Waals surface area contributed by atoms with Crippen LogP contribution >= 0.6 is 0 Å². The van der Waals surface area contributed by atoms with Gasteiger partial charge >= 0.3 is 0 Å². The van der Waals surface area contributed by atoms with E-state index in [4.69, 9.17) is 10.6 Å². The molecule has 3 rings (SSSR count). The normalized spacial score (nSPS) is 13.4. The molecule has 0 saturated heterocycles. The van der Waals surface area contributed by atoms with E-state index in [9.17, 15) is 4.79 Å². The Morgan fingerprint density at radius 3 is 3.00 bits per heavy atom. The van der Waals surface area contributed by atoms with Crippen LogP contribution in [0.4, 0.5) is 0 Å². The molecular weight excluding hydrogens is 242 g/mol. The van der Waals surface area contributed by atoms with Crippen LogP contribution < -0.4 is 16.0 Å². The minimum Gasteiger partial charge on any atom is -0.497 e. The van der Waals surface area contributed by atoms with Gasteiger partial charge in [0.1, 0.15) is 5.75 Å². The number of nitrogens with two attached hydrogens (primary N) is 1. The van der Waals surface area contributed by atoms with Crippen molar-refractivity contribution in [2.45, 2.75) is 19.3 Å². The number of aromatic nitrogens is 1. The van der Waals surface area contributed by atoms with E-state index in [0.29, 0.717) is 11.3 Å². The Bertz CT molecular complexity index is 667. The number of carbonyl (C=O) groups excluding carboxylic acids is 1. The van der Waals surface area contributed by atoms with Crippen molar-refractivity contribution in [2.24, 2.45) is 5.84 Å². The number of rotatable bonds is 2. The Balaban J connectivity index is 2.35. The smallest absolute Gasteiger partial charge is 0.266 e. The van der Waals surface area contributed by atoms with Gasteiger partial charge in [-0.2, -0.15) is 0 Å². The second-order valence-corrected chi connectivity index (χ2v) is 4.62. The van der Waals surface area contributed by atoms with E-state index in [0.717, 1.165) is 41.4 Å². The Hall–Kier alpha value is -2.14. The molecule has 19 heavy (non-hydrogen) atoms. The summed E-state index contributed by atoms with van der Waals surface area (Å²) in [4.78, 5) is 16.7. The molecule has 0 bridgehead atoms. The van der Waals surface area contributed by atoms with Gasteiger partial charge < -0.3 is 4.74 Å². The zero-order valence-electron chi connectivity index (χ0n) is 10.7. The summed E-state index contributed by atoms with van der Waals surface area (Å²) in [6.45, 7) is 0. The molecule has 0 atom stereocenters. The van der Waals surface area contributed by atoms with Crippen LogP contribution in [0.2, 0.25) is 0 Å². The first kappa shape index (κ1) is 11.9. The van der Waals surface area contributed by atoms with E-state index in [1.165, 1.54) is 0 Å². The van der Waals surface area contributed by atoms with Crippen molar-refractivity contribution in [3.05, 3.63) is 35.0 Å². The lowest BCUT2D eigenvalue weighted by molar-refractivity contribution is 0.0954. The van der Waals surface area contributed by atoms with Gasteiger partial charge in [0, 0.05) is 11.1 Å². The van der Waals surface area contributed by atoms with Gasteiger partial charge in [0.15, 0.2) is 0 Å². The lowest BCUT2D eigenvalue weighted by Gasteiger charge is -2.12. The fourth-order valence-corrected chi connectivity index (χ4v) is 2.70. The maximum Gasteiger partial charge on any atom is 0.266 e. The number of benzene rings is 1. The molecular formula is C14H15N3O2. The average Bonchev–Trinajstić information content (AvgIpc) is 2.90. The predicted molar refractivity (Wildman–Crippen MR) is 72.0 cm³/mol. The first-order valence-electron chi connectivity index (χ1n) is 6.25. The largest absolute Gasteiger partial charge is 0.497 e. The van der Waals surface area contributed by atoms with Crippen molar-refractivity contribution in [3.63, 3.8) is 0 Å². The number of pyridine rings is 1. The molecule has 0 fully saturated rings. The third-order valence-corrected chi connectivity index (χ3v) is 3.58. The molecule has 0 saturated carbocycles. The fraction of sp³-hybridized carbons (Fsp3) is 0.286. The lowest BCUT2D eigenvalue weighted by Crippen LogP contribution is -2.31. The van der Waals surface area contributed by atoms with Crippen molar-refractivity contribution in [1.29, 1.82) is 0 Å². The molecule has 0 aliphatic heterocycles. The summed E-state index contributed by atoms with van der Waals surface area (Å²) < 4.78 is 5.22. The van der Waals surface area contributed by atoms with Gasteiger partial charge in [-0.05, 0) is 43.0 Å². The van der Waals surface area contributed by atoms with Crippen LogP contribution in [-0.4, -0.2) is 18.0 Å². The molecule has 1 heterocycles. The van der Waals surface area contributed by atoms with Crippen molar-refractivity contribution in [3.8, 4) is 5.75 Å². The summed E-state index contributed by atoms with van der Waals surface area (Å²) in [5.41, 5.74) is 5.70. The van der Waals surface area contributed by atoms with Crippen LogP contribution in [0, 0.1) is 0 Å². The summed E-state index contributed by atoms with van der Waals surface area (Å²) in [6.07, 6.45) is 2.82. The van der Waals surface area contributed by atoms with Gasteiger partial charge in [-0.15, -0.1) is 0 Å². The summed E-state index contributed by atoms with van der Waals surface area (Å²) in [5.74, 6) is 5.75. The number of hydrazine groups is 1. The minimum atomic E-state index is -0.265. The quantitative estimate of drug-likeness (QED) is 0.483. The first-order valence-corrected chi connectivity index (χ1v) is 6.25. The molecule has 1 aromatic heterocycles. The maximum atomic E-state index is 12.1. The van der Waals surface area contributed by atoms with Gasteiger partial charge in [0.05, 0.1) is 18.2 Å². The number of hydrogen-bond acceptors (Lipinski definition) is 4. The summed E-state index contributed by atoms with van der Waals surface area (Å²) >= 11 is 0.